The molecule has 0 saturated carbocycles. The summed E-state index contributed by atoms with van der Waals surface area (Å²) in [5.74, 6) is 1.80. The van der Waals surface area contributed by atoms with E-state index in [0.29, 0.717) is 0 Å². The Balaban J connectivity index is 1.92. The van der Waals surface area contributed by atoms with Crippen LogP contribution in [0.2, 0.25) is 0 Å². The standard InChI is InChI=1S/C14H22N6/c1-4-6-15-13-11(2)14(18-10-17-13)16-7-5-12-8-19-20(3)9-12/h8-10H,4-7H2,1-3H3,(H2,15,16,17,18). The van der Waals surface area contributed by atoms with Crippen LogP contribution in [-0.2, 0) is 13.5 Å². The number of anilines is 2. The number of aryl methyl sites for hydroxylation is 1. The van der Waals surface area contributed by atoms with E-state index < -0.39 is 0 Å². The van der Waals surface area contributed by atoms with Gasteiger partial charge < -0.3 is 10.6 Å². The Kier molecular flexibility index (Phi) is 4.92. The molecule has 0 aliphatic heterocycles. The van der Waals surface area contributed by atoms with Crippen LogP contribution in [0.15, 0.2) is 18.7 Å². The molecule has 0 atom stereocenters. The Morgan fingerprint density at radius 2 is 1.85 bits per heavy atom. The molecule has 0 unspecified atom stereocenters. The molecule has 0 aliphatic carbocycles. The fourth-order valence-electron chi connectivity index (χ4n) is 1.98. The van der Waals surface area contributed by atoms with E-state index in [2.05, 4.69) is 32.6 Å². The fourth-order valence-corrected chi connectivity index (χ4v) is 1.98. The van der Waals surface area contributed by atoms with Gasteiger partial charge in [0.15, 0.2) is 0 Å². The van der Waals surface area contributed by atoms with E-state index >= 15 is 0 Å². The highest BCUT2D eigenvalue weighted by atomic mass is 15.2. The third-order valence-corrected chi connectivity index (χ3v) is 3.09. The van der Waals surface area contributed by atoms with Crippen LogP contribution in [0.3, 0.4) is 0 Å². The summed E-state index contributed by atoms with van der Waals surface area (Å²) in [5, 5.41) is 10.8. The molecule has 0 spiro atoms. The zero-order valence-corrected chi connectivity index (χ0v) is 12.3. The van der Waals surface area contributed by atoms with E-state index in [-0.39, 0.29) is 0 Å². The lowest BCUT2D eigenvalue weighted by molar-refractivity contribution is 0.767. The first kappa shape index (κ1) is 14.3. The molecule has 0 amide bonds. The highest BCUT2D eigenvalue weighted by Crippen LogP contribution is 2.17. The molecule has 20 heavy (non-hydrogen) atoms. The molecule has 2 N–H and O–H groups in total. The van der Waals surface area contributed by atoms with Gasteiger partial charge in [-0.1, -0.05) is 6.92 Å². The molecule has 0 saturated heterocycles. The summed E-state index contributed by atoms with van der Waals surface area (Å²) in [4.78, 5) is 8.57. The topological polar surface area (TPSA) is 67.7 Å². The molecule has 6 nitrogen and oxygen atoms in total. The van der Waals surface area contributed by atoms with Gasteiger partial charge in [0.25, 0.3) is 0 Å². The quantitative estimate of drug-likeness (QED) is 0.808. The molecule has 0 aromatic carbocycles. The fraction of sp³-hybridized carbons (Fsp3) is 0.500. The van der Waals surface area contributed by atoms with E-state index in [4.69, 9.17) is 0 Å². The van der Waals surface area contributed by atoms with Crippen molar-refractivity contribution in [2.24, 2.45) is 7.05 Å². The van der Waals surface area contributed by atoms with Crippen LogP contribution in [0, 0.1) is 6.92 Å². The highest BCUT2D eigenvalue weighted by molar-refractivity contribution is 5.56. The Hall–Kier alpha value is -2.11. The molecule has 0 bridgehead atoms. The first-order valence-corrected chi connectivity index (χ1v) is 6.97. The van der Waals surface area contributed by atoms with Gasteiger partial charge in [-0.05, 0) is 25.3 Å². The Labute approximate surface area is 119 Å². The van der Waals surface area contributed by atoms with E-state index in [9.17, 15) is 0 Å². The van der Waals surface area contributed by atoms with Gasteiger partial charge in [0.1, 0.15) is 18.0 Å². The lowest BCUT2D eigenvalue weighted by atomic mass is 10.2. The van der Waals surface area contributed by atoms with Crippen LogP contribution in [0.5, 0.6) is 0 Å². The summed E-state index contributed by atoms with van der Waals surface area (Å²) in [5.41, 5.74) is 2.28. The van der Waals surface area contributed by atoms with Crippen LogP contribution in [0.4, 0.5) is 11.6 Å². The lowest BCUT2D eigenvalue weighted by Crippen LogP contribution is -2.10. The molecule has 108 valence electrons. The molecular weight excluding hydrogens is 252 g/mol. The molecule has 0 radical (unpaired) electrons. The van der Waals surface area contributed by atoms with Gasteiger partial charge in [-0.3, -0.25) is 4.68 Å². The average Bonchev–Trinajstić information content (AvgIpc) is 2.85. The third kappa shape index (κ3) is 3.69. The maximum absolute atomic E-state index is 4.30. The minimum Gasteiger partial charge on any atom is -0.370 e. The minimum absolute atomic E-state index is 0.830. The van der Waals surface area contributed by atoms with Crippen molar-refractivity contribution in [1.29, 1.82) is 0 Å². The predicted molar refractivity (Wildman–Crippen MR) is 81.0 cm³/mol. The zero-order valence-electron chi connectivity index (χ0n) is 12.3. The summed E-state index contributed by atoms with van der Waals surface area (Å²) >= 11 is 0. The van der Waals surface area contributed by atoms with E-state index in [0.717, 1.165) is 43.1 Å². The summed E-state index contributed by atoms with van der Waals surface area (Å²) in [6.45, 7) is 5.92. The summed E-state index contributed by atoms with van der Waals surface area (Å²) in [7, 11) is 1.93. The second-order valence-electron chi connectivity index (χ2n) is 4.82. The Morgan fingerprint density at radius 1 is 1.15 bits per heavy atom. The molecule has 6 heteroatoms. The average molecular weight is 274 g/mol. The summed E-state index contributed by atoms with van der Waals surface area (Å²) < 4.78 is 1.82. The van der Waals surface area contributed by atoms with Gasteiger partial charge >= 0.3 is 0 Å². The van der Waals surface area contributed by atoms with Crippen molar-refractivity contribution in [3.63, 3.8) is 0 Å². The van der Waals surface area contributed by atoms with E-state index in [1.807, 2.05) is 31.0 Å². The van der Waals surface area contributed by atoms with Crippen molar-refractivity contribution in [3.8, 4) is 0 Å². The van der Waals surface area contributed by atoms with Gasteiger partial charge in [-0.15, -0.1) is 0 Å². The summed E-state index contributed by atoms with van der Waals surface area (Å²) in [6.07, 6.45) is 7.52. The number of hydrogen-bond acceptors (Lipinski definition) is 5. The van der Waals surface area contributed by atoms with Crippen LogP contribution in [-0.4, -0.2) is 32.8 Å². The van der Waals surface area contributed by atoms with Gasteiger partial charge in [0.2, 0.25) is 0 Å². The number of nitrogens with one attached hydrogen (secondary N) is 2. The van der Waals surface area contributed by atoms with Crippen molar-refractivity contribution in [2.75, 3.05) is 23.7 Å². The Bertz CT molecular complexity index is 548. The van der Waals surface area contributed by atoms with Gasteiger partial charge in [-0.25, -0.2) is 9.97 Å². The second kappa shape index (κ2) is 6.88. The molecule has 0 fully saturated rings. The van der Waals surface area contributed by atoms with Crippen molar-refractivity contribution >= 4 is 11.6 Å². The molecule has 2 aromatic heterocycles. The van der Waals surface area contributed by atoms with Crippen LogP contribution in [0.25, 0.3) is 0 Å². The molecule has 2 aromatic rings. The van der Waals surface area contributed by atoms with E-state index in [1.165, 1.54) is 5.56 Å². The molecular formula is C14H22N6. The number of hydrogen-bond donors (Lipinski definition) is 2. The van der Waals surface area contributed by atoms with Gasteiger partial charge in [0, 0.05) is 31.9 Å². The Morgan fingerprint density at radius 3 is 2.45 bits per heavy atom. The first-order valence-electron chi connectivity index (χ1n) is 6.97. The maximum atomic E-state index is 4.30. The SMILES string of the molecule is CCCNc1ncnc(NCCc2cnn(C)c2)c1C. The lowest BCUT2D eigenvalue weighted by Gasteiger charge is -2.12. The molecule has 2 heterocycles. The number of nitrogens with zero attached hydrogens (tertiary/aromatic N) is 4. The van der Waals surface area contributed by atoms with Crippen molar-refractivity contribution in [2.45, 2.75) is 26.7 Å². The second-order valence-corrected chi connectivity index (χ2v) is 4.82. The van der Waals surface area contributed by atoms with Crippen LogP contribution >= 0.6 is 0 Å². The van der Waals surface area contributed by atoms with Crippen molar-refractivity contribution in [1.82, 2.24) is 19.7 Å². The monoisotopic (exact) mass is 274 g/mol. The van der Waals surface area contributed by atoms with Gasteiger partial charge in [0.05, 0.1) is 6.20 Å². The summed E-state index contributed by atoms with van der Waals surface area (Å²) in [6, 6.07) is 0. The number of aromatic nitrogens is 4. The minimum atomic E-state index is 0.830. The molecule has 2 rings (SSSR count). The molecule has 0 aliphatic rings. The zero-order chi connectivity index (χ0) is 14.4. The smallest absolute Gasteiger partial charge is 0.134 e. The van der Waals surface area contributed by atoms with E-state index in [1.54, 1.807) is 6.33 Å². The van der Waals surface area contributed by atoms with Gasteiger partial charge in [-0.2, -0.15) is 5.10 Å². The van der Waals surface area contributed by atoms with Crippen molar-refractivity contribution in [3.05, 3.63) is 29.8 Å². The first-order chi connectivity index (χ1) is 9.70. The largest absolute Gasteiger partial charge is 0.370 e. The third-order valence-electron chi connectivity index (χ3n) is 3.09. The predicted octanol–water partition coefficient (Wildman–Crippen LogP) is 2.00. The van der Waals surface area contributed by atoms with Crippen molar-refractivity contribution < 1.29 is 0 Å². The number of rotatable bonds is 7. The van der Waals surface area contributed by atoms with Crippen LogP contribution in [0.1, 0.15) is 24.5 Å². The normalized spacial score (nSPS) is 10.6. The van der Waals surface area contributed by atoms with Crippen LogP contribution < -0.4 is 10.6 Å². The maximum Gasteiger partial charge on any atom is 0.134 e. The highest BCUT2D eigenvalue weighted by Gasteiger charge is 2.06.